The molecule has 0 atom stereocenters. The predicted molar refractivity (Wildman–Crippen MR) is 92.1 cm³/mol. The van der Waals surface area contributed by atoms with Crippen LogP contribution in [0.5, 0.6) is 0 Å². The number of carbonyl (C=O) groups is 1. The maximum Gasteiger partial charge on any atom is 0.196 e. The molecular weight excluding hydrogens is 288 g/mol. The number of hydrogen-bond donors (Lipinski definition) is 1. The highest BCUT2D eigenvalue weighted by atomic mass is 16.1. The van der Waals surface area contributed by atoms with E-state index >= 15 is 0 Å². The van der Waals surface area contributed by atoms with E-state index < -0.39 is 0 Å². The molecule has 3 rings (SSSR count). The maximum atomic E-state index is 12.6. The van der Waals surface area contributed by atoms with Crippen LogP contribution in [0.4, 0.5) is 5.69 Å². The second kappa shape index (κ2) is 6.54. The van der Waals surface area contributed by atoms with Crippen molar-refractivity contribution in [2.24, 2.45) is 0 Å². The van der Waals surface area contributed by atoms with Gasteiger partial charge in [-0.25, -0.2) is 4.98 Å². The minimum atomic E-state index is 0.113. The van der Waals surface area contributed by atoms with Crippen molar-refractivity contribution in [3.05, 3.63) is 41.5 Å². The number of nitrogens with two attached hydrogens (primary N) is 1. The summed E-state index contributed by atoms with van der Waals surface area (Å²) in [4.78, 5) is 19.4. The number of ketones is 1. The summed E-state index contributed by atoms with van der Waals surface area (Å²) in [6, 6.07) is 7.64. The number of nitrogens with zero attached hydrogens (tertiary/aromatic N) is 3. The lowest BCUT2D eigenvalue weighted by Crippen LogP contribution is -2.34. The highest BCUT2D eigenvalue weighted by Gasteiger charge is 2.21. The van der Waals surface area contributed by atoms with Gasteiger partial charge < -0.3 is 10.3 Å². The molecule has 5 nitrogen and oxygen atoms in total. The molecule has 1 aromatic heterocycles. The Labute approximate surface area is 137 Å². The number of aromatic nitrogens is 2. The lowest BCUT2D eigenvalue weighted by Gasteiger charge is -2.25. The SMILES string of the molecule is Cc1nc(C(=O)CN2CCCCC2)c(C)n1-c1ccc(N)cc1. The fraction of sp³-hybridized carbons (Fsp3) is 0.444. The second-order valence-electron chi connectivity index (χ2n) is 6.28. The fourth-order valence-electron chi connectivity index (χ4n) is 3.30. The number of anilines is 1. The monoisotopic (exact) mass is 312 g/mol. The van der Waals surface area contributed by atoms with Crippen molar-refractivity contribution in [2.45, 2.75) is 33.1 Å². The number of rotatable bonds is 4. The number of piperidine rings is 1. The molecule has 1 aliphatic rings. The van der Waals surface area contributed by atoms with Crippen molar-refractivity contribution in [3.63, 3.8) is 0 Å². The van der Waals surface area contributed by atoms with Gasteiger partial charge in [0.15, 0.2) is 5.78 Å². The highest BCUT2D eigenvalue weighted by molar-refractivity contribution is 5.97. The lowest BCUT2D eigenvalue weighted by atomic mass is 10.1. The van der Waals surface area contributed by atoms with Crippen molar-refractivity contribution >= 4 is 11.5 Å². The summed E-state index contributed by atoms with van der Waals surface area (Å²) < 4.78 is 2.02. The molecule has 2 N–H and O–H groups in total. The molecular formula is C18H24N4O. The van der Waals surface area contributed by atoms with Gasteiger partial charge in [-0.15, -0.1) is 0 Å². The van der Waals surface area contributed by atoms with Crippen molar-refractivity contribution in [1.82, 2.24) is 14.5 Å². The largest absolute Gasteiger partial charge is 0.399 e. The summed E-state index contributed by atoms with van der Waals surface area (Å²) in [6.07, 6.45) is 3.64. The molecule has 0 amide bonds. The molecule has 0 radical (unpaired) electrons. The van der Waals surface area contributed by atoms with Gasteiger partial charge in [-0.1, -0.05) is 6.42 Å². The molecule has 1 aromatic carbocycles. The summed E-state index contributed by atoms with van der Waals surface area (Å²) in [6.45, 7) is 6.39. The first-order valence-corrected chi connectivity index (χ1v) is 8.23. The first-order chi connectivity index (χ1) is 11.1. The Morgan fingerprint density at radius 1 is 1.13 bits per heavy atom. The normalized spacial score (nSPS) is 15.7. The smallest absolute Gasteiger partial charge is 0.196 e. The molecule has 2 aromatic rings. The molecule has 0 bridgehead atoms. The van der Waals surface area contributed by atoms with Crippen LogP contribution >= 0.6 is 0 Å². The van der Waals surface area contributed by atoms with Crippen LogP contribution in [-0.4, -0.2) is 39.9 Å². The summed E-state index contributed by atoms with van der Waals surface area (Å²) in [5, 5.41) is 0. The first-order valence-electron chi connectivity index (χ1n) is 8.23. The number of hydrogen-bond acceptors (Lipinski definition) is 4. The van der Waals surface area contributed by atoms with Gasteiger partial charge in [0.05, 0.1) is 12.2 Å². The van der Waals surface area contributed by atoms with Crippen LogP contribution in [0.15, 0.2) is 24.3 Å². The molecule has 122 valence electrons. The Balaban J connectivity index is 1.85. The maximum absolute atomic E-state index is 12.6. The number of likely N-dealkylation sites (tertiary alicyclic amines) is 1. The minimum Gasteiger partial charge on any atom is -0.399 e. The summed E-state index contributed by atoms with van der Waals surface area (Å²) in [5.74, 6) is 0.941. The summed E-state index contributed by atoms with van der Waals surface area (Å²) >= 11 is 0. The topological polar surface area (TPSA) is 64.2 Å². The summed E-state index contributed by atoms with van der Waals surface area (Å²) in [5.41, 5.74) is 8.95. The zero-order valence-electron chi connectivity index (χ0n) is 13.9. The molecule has 0 aliphatic carbocycles. The average molecular weight is 312 g/mol. The van der Waals surface area contributed by atoms with Crippen molar-refractivity contribution in [3.8, 4) is 5.69 Å². The van der Waals surface area contributed by atoms with Gasteiger partial charge in [0.2, 0.25) is 0 Å². The molecule has 1 fully saturated rings. The van der Waals surface area contributed by atoms with E-state index in [1.165, 1.54) is 19.3 Å². The number of carbonyl (C=O) groups excluding carboxylic acids is 1. The Hall–Kier alpha value is -2.14. The third kappa shape index (κ3) is 3.29. The van der Waals surface area contributed by atoms with Gasteiger partial charge in [-0.3, -0.25) is 9.69 Å². The molecule has 1 aliphatic heterocycles. The Morgan fingerprint density at radius 2 is 1.78 bits per heavy atom. The van der Waals surface area contributed by atoms with E-state index in [4.69, 9.17) is 5.73 Å². The van der Waals surface area contributed by atoms with Gasteiger partial charge in [0.1, 0.15) is 11.5 Å². The number of benzene rings is 1. The number of Topliss-reactive ketones (excluding diaryl/α,β-unsaturated/α-hetero) is 1. The van der Waals surface area contributed by atoms with Crippen molar-refractivity contribution < 1.29 is 4.79 Å². The van der Waals surface area contributed by atoms with Crippen LogP contribution in [0.3, 0.4) is 0 Å². The zero-order chi connectivity index (χ0) is 16.4. The van der Waals surface area contributed by atoms with Gasteiger partial charge in [0, 0.05) is 11.4 Å². The number of nitrogen functional groups attached to an aromatic ring is 1. The van der Waals surface area contributed by atoms with Crippen LogP contribution in [-0.2, 0) is 0 Å². The molecule has 2 heterocycles. The lowest BCUT2D eigenvalue weighted by molar-refractivity contribution is 0.0910. The van der Waals surface area contributed by atoms with Crippen molar-refractivity contribution in [1.29, 1.82) is 0 Å². The third-order valence-electron chi connectivity index (χ3n) is 4.51. The van der Waals surface area contributed by atoms with Crippen molar-refractivity contribution in [2.75, 3.05) is 25.4 Å². The fourth-order valence-corrected chi connectivity index (χ4v) is 3.30. The van der Waals surface area contributed by atoms with E-state index in [1.54, 1.807) is 0 Å². The van der Waals surface area contributed by atoms with Crippen LogP contribution in [0, 0.1) is 13.8 Å². The Bertz CT molecular complexity index is 697. The quantitative estimate of drug-likeness (QED) is 0.696. The molecule has 0 unspecified atom stereocenters. The van der Waals surface area contributed by atoms with Gasteiger partial charge in [-0.2, -0.15) is 0 Å². The van der Waals surface area contributed by atoms with E-state index in [0.717, 1.165) is 36.0 Å². The number of aryl methyl sites for hydroxylation is 1. The zero-order valence-corrected chi connectivity index (χ0v) is 13.9. The molecule has 5 heteroatoms. The molecule has 0 spiro atoms. The Kier molecular flexibility index (Phi) is 4.48. The van der Waals surface area contributed by atoms with Crippen LogP contribution in [0.2, 0.25) is 0 Å². The van der Waals surface area contributed by atoms with E-state index in [1.807, 2.05) is 42.7 Å². The molecule has 23 heavy (non-hydrogen) atoms. The van der Waals surface area contributed by atoms with E-state index in [0.29, 0.717) is 12.2 Å². The molecule has 1 saturated heterocycles. The second-order valence-corrected chi connectivity index (χ2v) is 6.28. The van der Waals surface area contributed by atoms with E-state index in [9.17, 15) is 4.79 Å². The van der Waals surface area contributed by atoms with E-state index in [2.05, 4.69) is 9.88 Å². The van der Waals surface area contributed by atoms with Gasteiger partial charge in [-0.05, 0) is 64.0 Å². The van der Waals surface area contributed by atoms with Crippen LogP contribution in [0.25, 0.3) is 5.69 Å². The predicted octanol–water partition coefficient (Wildman–Crippen LogP) is 2.74. The van der Waals surface area contributed by atoms with Gasteiger partial charge in [0.25, 0.3) is 0 Å². The average Bonchev–Trinajstić information content (AvgIpc) is 2.84. The molecule has 0 saturated carbocycles. The Morgan fingerprint density at radius 3 is 2.43 bits per heavy atom. The van der Waals surface area contributed by atoms with Crippen LogP contribution in [0.1, 0.15) is 41.3 Å². The number of imidazole rings is 1. The summed E-state index contributed by atoms with van der Waals surface area (Å²) in [7, 11) is 0. The van der Waals surface area contributed by atoms with Gasteiger partial charge >= 0.3 is 0 Å². The minimum absolute atomic E-state index is 0.113. The van der Waals surface area contributed by atoms with Crippen LogP contribution < -0.4 is 5.73 Å². The highest BCUT2D eigenvalue weighted by Crippen LogP contribution is 2.20. The standard InChI is InChI=1S/C18H24N4O/c1-13-18(17(23)12-21-10-4-3-5-11-21)20-14(2)22(13)16-8-6-15(19)7-9-16/h6-9H,3-5,10-12,19H2,1-2H3. The third-order valence-corrected chi connectivity index (χ3v) is 4.51. The first kappa shape index (κ1) is 15.7. The van der Waals surface area contributed by atoms with E-state index in [-0.39, 0.29) is 5.78 Å².